The fourth-order valence-corrected chi connectivity index (χ4v) is 4.96. The Balaban J connectivity index is 1.70. The van der Waals surface area contributed by atoms with E-state index >= 15 is 0 Å². The highest BCUT2D eigenvalue weighted by atomic mass is 16.5. The molecule has 0 radical (unpaired) electrons. The van der Waals surface area contributed by atoms with Gasteiger partial charge >= 0.3 is 0 Å². The van der Waals surface area contributed by atoms with Gasteiger partial charge in [0.2, 0.25) is 0 Å². The first-order valence-electron chi connectivity index (χ1n) is 8.48. The second kappa shape index (κ2) is 4.56. The number of ether oxygens (including phenoxy) is 1. The van der Waals surface area contributed by atoms with Gasteiger partial charge < -0.3 is 4.74 Å². The SMILES string of the molecule is CC1(C)C(C(=O)C2CCOC3(CCCCC3)C2)C1(C)C. The molecule has 1 aliphatic heterocycles. The van der Waals surface area contributed by atoms with Crippen LogP contribution in [0.15, 0.2) is 0 Å². The fraction of sp³-hybridized carbons (Fsp3) is 0.944. The van der Waals surface area contributed by atoms with Crippen LogP contribution < -0.4 is 0 Å². The van der Waals surface area contributed by atoms with Crippen LogP contribution in [-0.4, -0.2) is 18.0 Å². The molecule has 20 heavy (non-hydrogen) atoms. The molecule has 0 aromatic rings. The van der Waals surface area contributed by atoms with Crippen LogP contribution in [0.1, 0.15) is 72.6 Å². The number of ketones is 1. The second-order valence-electron chi connectivity index (χ2n) is 8.56. The third kappa shape index (κ3) is 2.06. The van der Waals surface area contributed by atoms with E-state index in [9.17, 15) is 4.79 Å². The fourth-order valence-electron chi connectivity index (χ4n) is 4.96. The summed E-state index contributed by atoms with van der Waals surface area (Å²) < 4.78 is 6.14. The molecule has 2 aliphatic carbocycles. The standard InChI is InChI=1S/C18H30O2/c1-16(2)15(17(16,3)4)14(19)13-8-11-20-18(12-13)9-6-5-7-10-18/h13,15H,5-12H2,1-4H3. The van der Waals surface area contributed by atoms with E-state index < -0.39 is 0 Å². The van der Waals surface area contributed by atoms with Gasteiger partial charge in [-0.05, 0) is 36.5 Å². The van der Waals surface area contributed by atoms with Crippen molar-refractivity contribution >= 4 is 5.78 Å². The Bertz CT molecular complexity index is 382. The molecule has 0 bridgehead atoms. The van der Waals surface area contributed by atoms with E-state index in [1.165, 1.54) is 32.1 Å². The number of hydrogen-bond acceptors (Lipinski definition) is 2. The molecule has 1 saturated heterocycles. The molecular weight excluding hydrogens is 248 g/mol. The second-order valence-corrected chi connectivity index (χ2v) is 8.56. The van der Waals surface area contributed by atoms with E-state index in [-0.39, 0.29) is 28.3 Å². The molecule has 3 aliphatic rings. The van der Waals surface area contributed by atoms with Crippen LogP contribution in [0.2, 0.25) is 0 Å². The van der Waals surface area contributed by atoms with Gasteiger partial charge in [-0.3, -0.25) is 4.79 Å². The van der Waals surface area contributed by atoms with Crippen LogP contribution in [0, 0.1) is 22.7 Å². The monoisotopic (exact) mass is 278 g/mol. The molecule has 3 rings (SSSR count). The van der Waals surface area contributed by atoms with E-state index in [2.05, 4.69) is 27.7 Å². The van der Waals surface area contributed by atoms with Crippen LogP contribution in [0.4, 0.5) is 0 Å². The van der Waals surface area contributed by atoms with Crippen LogP contribution in [0.5, 0.6) is 0 Å². The molecule has 3 fully saturated rings. The third-order valence-electron chi connectivity index (χ3n) is 6.97. The normalized spacial score (nSPS) is 34.9. The molecule has 1 atom stereocenters. The Morgan fingerprint density at radius 1 is 1.00 bits per heavy atom. The lowest BCUT2D eigenvalue weighted by Gasteiger charge is -2.43. The lowest BCUT2D eigenvalue weighted by Crippen LogP contribution is -2.44. The summed E-state index contributed by atoms with van der Waals surface area (Å²) in [6, 6.07) is 0. The van der Waals surface area contributed by atoms with Gasteiger partial charge in [-0.15, -0.1) is 0 Å². The molecular formula is C18H30O2. The summed E-state index contributed by atoms with van der Waals surface area (Å²) in [4.78, 5) is 13.0. The average Bonchev–Trinajstić information content (AvgIpc) is 2.80. The minimum atomic E-state index is 0.0556. The summed E-state index contributed by atoms with van der Waals surface area (Å²) in [6.45, 7) is 9.82. The Labute approximate surface area is 123 Å². The van der Waals surface area contributed by atoms with Crippen molar-refractivity contribution in [3.05, 3.63) is 0 Å². The van der Waals surface area contributed by atoms with Crippen molar-refractivity contribution in [2.75, 3.05) is 6.61 Å². The molecule has 1 heterocycles. The van der Waals surface area contributed by atoms with Crippen molar-refractivity contribution in [3.63, 3.8) is 0 Å². The molecule has 0 N–H and O–H groups in total. The highest BCUT2D eigenvalue weighted by molar-refractivity contribution is 5.88. The van der Waals surface area contributed by atoms with Gasteiger partial charge in [0.15, 0.2) is 0 Å². The average molecular weight is 278 g/mol. The number of rotatable bonds is 2. The van der Waals surface area contributed by atoms with Gasteiger partial charge in [0.1, 0.15) is 5.78 Å². The zero-order valence-corrected chi connectivity index (χ0v) is 13.6. The summed E-state index contributed by atoms with van der Waals surface area (Å²) >= 11 is 0. The van der Waals surface area contributed by atoms with Crippen molar-refractivity contribution < 1.29 is 9.53 Å². The first-order chi connectivity index (χ1) is 9.30. The predicted octanol–water partition coefficient (Wildman–Crippen LogP) is 4.37. The van der Waals surface area contributed by atoms with Crippen LogP contribution in [0.3, 0.4) is 0 Å². The summed E-state index contributed by atoms with van der Waals surface area (Å²) in [5, 5.41) is 0. The van der Waals surface area contributed by atoms with Crippen LogP contribution >= 0.6 is 0 Å². The number of carbonyl (C=O) groups excluding carboxylic acids is 1. The van der Waals surface area contributed by atoms with Crippen LogP contribution in [0.25, 0.3) is 0 Å². The van der Waals surface area contributed by atoms with Crippen molar-refractivity contribution in [1.82, 2.24) is 0 Å². The smallest absolute Gasteiger partial charge is 0.140 e. The molecule has 0 aromatic carbocycles. The molecule has 1 unspecified atom stereocenters. The number of carbonyl (C=O) groups is 1. The maximum absolute atomic E-state index is 13.0. The van der Waals surface area contributed by atoms with Crippen molar-refractivity contribution in [2.45, 2.75) is 78.2 Å². The minimum Gasteiger partial charge on any atom is -0.375 e. The predicted molar refractivity (Wildman–Crippen MR) is 80.6 cm³/mol. The van der Waals surface area contributed by atoms with Gasteiger partial charge in [-0.2, -0.15) is 0 Å². The summed E-state index contributed by atoms with van der Waals surface area (Å²) in [5.41, 5.74) is 0.421. The highest BCUT2D eigenvalue weighted by Gasteiger charge is 2.68. The molecule has 114 valence electrons. The molecule has 2 heteroatoms. The zero-order valence-electron chi connectivity index (χ0n) is 13.6. The third-order valence-corrected chi connectivity index (χ3v) is 6.97. The van der Waals surface area contributed by atoms with E-state index in [4.69, 9.17) is 4.74 Å². The number of hydrogen-bond donors (Lipinski definition) is 0. The number of Topliss-reactive ketones (excluding diaryl/α,β-unsaturated/α-hetero) is 1. The summed E-state index contributed by atoms with van der Waals surface area (Å²) in [7, 11) is 0. The molecule has 0 aromatic heterocycles. The Kier molecular flexibility index (Phi) is 3.32. The Hall–Kier alpha value is -0.370. The Morgan fingerprint density at radius 2 is 1.60 bits per heavy atom. The lowest BCUT2D eigenvalue weighted by atomic mass is 9.74. The summed E-state index contributed by atoms with van der Waals surface area (Å²) in [5.74, 6) is 1.06. The van der Waals surface area contributed by atoms with Gasteiger partial charge in [0.25, 0.3) is 0 Å². The molecule has 2 nitrogen and oxygen atoms in total. The first kappa shape index (κ1) is 14.6. The van der Waals surface area contributed by atoms with Crippen molar-refractivity contribution in [3.8, 4) is 0 Å². The molecule has 0 amide bonds. The minimum absolute atomic E-state index is 0.0556. The maximum Gasteiger partial charge on any atom is 0.140 e. The van der Waals surface area contributed by atoms with E-state index in [1.807, 2.05) is 0 Å². The summed E-state index contributed by atoms with van der Waals surface area (Å²) in [6.07, 6.45) is 8.19. The van der Waals surface area contributed by atoms with E-state index in [0.717, 1.165) is 19.4 Å². The quantitative estimate of drug-likeness (QED) is 0.750. The Morgan fingerprint density at radius 3 is 2.15 bits per heavy atom. The lowest BCUT2D eigenvalue weighted by molar-refractivity contribution is -0.144. The van der Waals surface area contributed by atoms with E-state index in [1.54, 1.807) is 0 Å². The van der Waals surface area contributed by atoms with Gasteiger partial charge in [0, 0.05) is 18.4 Å². The first-order valence-corrected chi connectivity index (χ1v) is 8.48. The van der Waals surface area contributed by atoms with E-state index in [0.29, 0.717) is 5.78 Å². The zero-order chi connectivity index (χ0) is 14.6. The maximum atomic E-state index is 13.0. The van der Waals surface area contributed by atoms with Gasteiger partial charge in [-0.1, -0.05) is 47.0 Å². The molecule has 2 saturated carbocycles. The topological polar surface area (TPSA) is 26.3 Å². The van der Waals surface area contributed by atoms with Crippen LogP contribution in [-0.2, 0) is 9.53 Å². The van der Waals surface area contributed by atoms with Gasteiger partial charge in [0.05, 0.1) is 5.60 Å². The highest BCUT2D eigenvalue weighted by Crippen LogP contribution is 2.69. The van der Waals surface area contributed by atoms with Gasteiger partial charge in [-0.25, -0.2) is 0 Å². The largest absolute Gasteiger partial charge is 0.375 e. The van der Waals surface area contributed by atoms with Crippen molar-refractivity contribution in [2.24, 2.45) is 22.7 Å². The molecule has 1 spiro atoms. The van der Waals surface area contributed by atoms with Crippen molar-refractivity contribution in [1.29, 1.82) is 0 Å².